The molecule has 2 aromatic heterocycles. The molecule has 0 N–H and O–H groups in total. The van der Waals surface area contributed by atoms with Crippen molar-refractivity contribution in [2.75, 3.05) is 18.8 Å². The molecule has 1 fully saturated rings. The fraction of sp³-hybridized carbons (Fsp3) is 0.263. The molecule has 0 saturated carbocycles. The number of amides is 1. The Balaban J connectivity index is 1.55. The van der Waals surface area contributed by atoms with E-state index in [1.807, 2.05) is 0 Å². The van der Waals surface area contributed by atoms with Crippen LogP contribution in [0.25, 0.3) is 11.5 Å². The SMILES string of the molecule is O=C(c1cc(-c2ccco2)on1)N1CCC(c2ccccc2Cl)S(=O)(=O)CC1. The molecule has 1 aliphatic heterocycles. The molecule has 1 saturated heterocycles. The second-order valence-corrected chi connectivity index (χ2v) is 9.22. The van der Waals surface area contributed by atoms with Gasteiger partial charge in [-0.05, 0) is 30.2 Å². The molecule has 1 atom stereocenters. The first-order chi connectivity index (χ1) is 13.5. The third-order valence-electron chi connectivity index (χ3n) is 4.77. The third-order valence-corrected chi connectivity index (χ3v) is 7.23. The number of sulfone groups is 1. The number of halogens is 1. The van der Waals surface area contributed by atoms with E-state index in [0.717, 1.165) is 0 Å². The summed E-state index contributed by atoms with van der Waals surface area (Å²) >= 11 is 6.21. The zero-order chi connectivity index (χ0) is 19.7. The number of furan rings is 1. The number of hydrogen-bond acceptors (Lipinski definition) is 6. The van der Waals surface area contributed by atoms with E-state index in [9.17, 15) is 13.2 Å². The van der Waals surface area contributed by atoms with Gasteiger partial charge in [0.05, 0.1) is 17.3 Å². The maximum Gasteiger partial charge on any atom is 0.276 e. The highest BCUT2D eigenvalue weighted by Gasteiger charge is 2.34. The van der Waals surface area contributed by atoms with E-state index in [0.29, 0.717) is 22.1 Å². The summed E-state index contributed by atoms with van der Waals surface area (Å²) in [5.41, 5.74) is 0.681. The summed E-state index contributed by atoms with van der Waals surface area (Å²) in [6, 6.07) is 11.8. The van der Waals surface area contributed by atoms with Gasteiger partial charge in [-0.15, -0.1) is 0 Å². The Morgan fingerprint density at radius 3 is 2.71 bits per heavy atom. The Kier molecular flexibility index (Phi) is 4.99. The van der Waals surface area contributed by atoms with E-state index in [2.05, 4.69) is 5.16 Å². The minimum absolute atomic E-state index is 0.0884. The van der Waals surface area contributed by atoms with Crippen LogP contribution < -0.4 is 0 Å². The Hall–Kier alpha value is -2.58. The van der Waals surface area contributed by atoms with Gasteiger partial charge < -0.3 is 13.8 Å². The average molecular weight is 421 g/mol. The van der Waals surface area contributed by atoms with Crippen LogP contribution >= 0.6 is 11.6 Å². The zero-order valence-corrected chi connectivity index (χ0v) is 16.3. The van der Waals surface area contributed by atoms with Crippen LogP contribution in [0.4, 0.5) is 0 Å². The Labute approximate surface area is 166 Å². The lowest BCUT2D eigenvalue weighted by atomic mass is 10.1. The highest BCUT2D eigenvalue weighted by Crippen LogP contribution is 2.34. The first kappa shape index (κ1) is 18.8. The molecular formula is C19H17ClN2O5S. The summed E-state index contributed by atoms with van der Waals surface area (Å²) in [5, 5.41) is 3.48. The van der Waals surface area contributed by atoms with Gasteiger partial charge in [0, 0.05) is 24.2 Å². The van der Waals surface area contributed by atoms with Gasteiger partial charge in [-0.2, -0.15) is 0 Å². The molecule has 7 nitrogen and oxygen atoms in total. The predicted octanol–water partition coefficient (Wildman–Crippen LogP) is 3.59. The van der Waals surface area contributed by atoms with Gasteiger partial charge in [-0.25, -0.2) is 8.42 Å². The van der Waals surface area contributed by atoms with Gasteiger partial charge in [-0.3, -0.25) is 4.79 Å². The Morgan fingerprint density at radius 1 is 1.14 bits per heavy atom. The van der Waals surface area contributed by atoms with Crippen LogP contribution in [0.5, 0.6) is 0 Å². The lowest BCUT2D eigenvalue weighted by molar-refractivity contribution is 0.0756. The topological polar surface area (TPSA) is 93.6 Å². The fourth-order valence-corrected chi connectivity index (χ4v) is 5.45. The van der Waals surface area contributed by atoms with Crippen LogP contribution in [0, 0.1) is 0 Å². The number of carbonyl (C=O) groups is 1. The van der Waals surface area contributed by atoms with Crippen molar-refractivity contribution in [3.05, 3.63) is 65.0 Å². The van der Waals surface area contributed by atoms with Crippen molar-refractivity contribution in [3.8, 4) is 11.5 Å². The molecule has 1 aliphatic rings. The second-order valence-electron chi connectivity index (χ2n) is 6.51. The second kappa shape index (κ2) is 7.44. The monoisotopic (exact) mass is 420 g/mol. The summed E-state index contributed by atoms with van der Waals surface area (Å²) in [4.78, 5) is 14.3. The van der Waals surface area contributed by atoms with Crippen LogP contribution in [0.15, 0.2) is 57.7 Å². The third kappa shape index (κ3) is 3.57. The Bertz CT molecular complexity index is 1090. The minimum Gasteiger partial charge on any atom is -0.461 e. The maximum absolute atomic E-state index is 12.8. The van der Waals surface area contributed by atoms with Gasteiger partial charge in [0.25, 0.3) is 5.91 Å². The van der Waals surface area contributed by atoms with Gasteiger partial charge in [0.1, 0.15) is 0 Å². The number of nitrogens with zero attached hydrogens (tertiary/aromatic N) is 2. The van der Waals surface area contributed by atoms with E-state index in [1.54, 1.807) is 36.4 Å². The van der Waals surface area contributed by atoms with Gasteiger partial charge in [-0.1, -0.05) is 35.0 Å². The normalized spacial score (nSPS) is 19.3. The van der Waals surface area contributed by atoms with Crippen LogP contribution in [-0.2, 0) is 9.84 Å². The molecule has 4 rings (SSSR count). The maximum atomic E-state index is 12.8. The minimum atomic E-state index is -3.45. The van der Waals surface area contributed by atoms with Crippen LogP contribution in [0.2, 0.25) is 5.02 Å². The van der Waals surface area contributed by atoms with E-state index >= 15 is 0 Å². The molecule has 1 amide bonds. The fourth-order valence-electron chi connectivity index (χ4n) is 3.31. The summed E-state index contributed by atoms with van der Waals surface area (Å²) in [5.74, 6) is 0.280. The zero-order valence-electron chi connectivity index (χ0n) is 14.7. The van der Waals surface area contributed by atoms with E-state index in [1.165, 1.54) is 17.2 Å². The molecule has 1 unspecified atom stereocenters. The van der Waals surface area contributed by atoms with Crippen molar-refractivity contribution >= 4 is 27.3 Å². The molecule has 9 heteroatoms. The summed E-state index contributed by atoms with van der Waals surface area (Å²) < 4.78 is 36.0. The number of rotatable bonds is 3. The highest BCUT2D eigenvalue weighted by atomic mass is 35.5. The molecule has 0 radical (unpaired) electrons. The van der Waals surface area contributed by atoms with Crippen molar-refractivity contribution in [1.29, 1.82) is 0 Å². The largest absolute Gasteiger partial charge is 0.461 e. The van der Waals surface area contributed by atoms with Crippen molar-refractivity contribution in [2.45, 2.75) is 11.7 Å². The standard InChI is InChI=1S/C19H17ClN2O5S/c20-14-5-2-1-4-13(14)18-7-8-22(9-11-28(18,24)25)19(23)15-12-17(27-21-15)16-6-3-10-26-16/h1-6,10,12,18H,7-9,11H2. The van der Waals surface area contributed by atoms with Crippen molar-refractivity contribution < 1.29 is 22.2 Å². The van der Waals surface area contributed by atoms with Crippen LogP contribution in [-0.4, -0.2) is 43.2 Å². The molecule has 3 heterocycles. The van der Waals surface area contributed by atoms with Gasteiger partial charge >= 0.3 is 0 Å². The van der Waals surface area contributed by atoms with Gasteiger partial charge in [0.15, 0.2) is 21.3 Å². The average Bonchev–Trinajstić information content (AvgIpc) is 3.33. The lowest BCUT2D eigenvalue weighted by Crippen LogP contribution is -2.33. The lowest BCUT2D eigenvalue weighted by Gasteiger charge is -2.18. The molecule has 1 aromatic carbocycles. The van der Waals surface area contributed by atoms with E-state index in [-0.39, 0.29) is 36.9 Å². The summed E-state index contributed by atoms with van der Waals surface area (Å²) in [6.07, 6.45) is 1.76. The van der Waals surface area contributed by atoms with Crippen LogP contribution in [0.1, 0.15) is 27.7 Å². The molecule has 0 spiro atoms. The Morgan fingerprint density at radius 2 is 1.96 bits per heavy atom. The number of aromatic nitrogens is 1. The highest BCUT2D eigenvalue weighted by molar-refractivity contribution is 7.91. The van der Waals surface area contributed by atoms with Crippen molar-refractivity contribution in [1.82, 2.24) is 10.1 Å². The summed E-state index contributed by atoms with van der Waals surface area (Å²) in [6.45, 7) is 0.363. The van der Waals surface area contributed by atoms with Gasteiger partial charge in [0.2, 0.25) is 5.76 Å². The molecule has 146 valence electrons. The molecular weight excluding hydrogens is 404 g/mol. The first-order valence-electron chi connectivity index (χ1n) is 8.71. The molecule has 0 bridgehead atoms. The number of hydrogen-bond donors (Lipinski definition) is 0. The number of carbonyl (C=O) groups excluding carboxylic acids is 1. The van der Waals surface area contributed by atoms with Crippen molar-refractivity contribution in [2.24, 2.45) is 0 Å². The first-order valence-corrected chi connectivity index (χ1v) is 10.8. The quantitative estimate of drug-likeness (QED) is 0.642. The molecule has 28 heavy (non-hydrogen) atoms. The molecule has 3 aromatic rings. The van der Waals surface area contributed by atoms with E-state index < -0.39 is 15.1 Å². The molecule has 0 aliphatic carbocycles. The van der Waals surface area contributed by atoms with Crippen molar-refractivity contribution in [3.63, 3.8) is 0 Å². The van der Waals surface area contributed by atoms with E-state index in [4.69, 9.17) is 20.5 Å². The predicted molar refractivity (Wildman–Crippen MR) is 103 cm³/mol. The number of benzene rings is 1. The van der Waals surface area contributed by atoms with Crippen LogP contribution in [0.3, 0.4) is 0 Å². The summed E-state index contributed by atoms with van der Waals surface area (Å²) in [7, 11) is -3.45. The smallest absolute Gasteiger partial charge is 0.276 e.